The van der Waals surface area contributed by atoms with E-state index >= 15 is 0 Å². The van der Waals surface area contributed by atoms with Crippen molar-refractivity contribution in [3.8, 4) is 0 Å². The number of hydrogen-bond donors (Lipinski definition) is 1. The minimum Gasteiger partial charge on any atom is -0.339 e. The van der Waals surface area contributed by atoms with E-state index in [1.807, 2.05) is 17.0 Å². The van der Waals surface area contributed by atoms with Gasteiger partial charge in [-0.05, 0) is 30.5 Å². The molecule has 1 amide bonds. The van der Waals surface area contributed by atoms with Crippen molar-refractivity contribution in [3.05, 3.63) is 52.2 Å². The standard InChI is InChI=1S/C20H23N5OS3/c1-15-4-6-16(7-5-15)21-19-22-23-20(29-19)28-14-18(26)25-10-8-24(9-11-25)13-17-3-2-12-27-17/h2-7,12H,8-11,13-14H2,1H3,(H,21,22). The number of aromatic nitrogens is 2. The molecule has 1 aliphatic heterocycles. The third kappa shape index (κ3) is 5.79. The molecule has 0 bridgehead atoms. The highest BCUT2D eigenvalue weighted by Gasteiger charge is 2.21. The summed E-state index contributed by atoms with van der Waals surface area (Å²) in [6.07, 6.45) is 0. The third-order valence-corrected chi connectivity index (χ3v) is 7.53. The van der Waals surface area contributed by atoms with Gasteiger partial charge in [-0.25, -0.2) is 0 Å². The summed E-state index contributed by atoms with van der Waals surface area (Å²) in [4.78, 5) is 18.3. The summed E-state index contributed by atoms with van der Waals surface area (Å²) in [6, 6.07) is 12.4. The largest absolute Gasteiger partial charge is 0.339 e. The van der Waals surface area contributed by atoms with Crippen LogP contribution >= 0.6 is 34.4 Å². The number of anilines is 2. The van der Waals surface area contributed by atoms with Crippen LogP contribution in [0.25, 0.3) is 0 Å². The van der Waals surface area contributed by atoms with Crippen LogP contribution in [-0.2, 0) is 11.3 Å². The van der Waals surface area contributed by atoms with Gasteiger partial charge >= 0.3 is 0 Å². The average Bonchev–Trinajstić information content (AvgIpc) is 3.41. The van der Waals surface area contributed by atoms with E-state index in [4.69, 9.17) is 0 Å². The SMILES string of the molecule is Cc1ccc(Nc2nnc(SCC(=O)N3CCN(Cc4cccs4)CC3)s2)cc1. The molecule has 29 heavy (non-hydrogen) atoms. The number of benzene rings is 1. The van der Waals surface area contributed by atoms with E-state index in [9.17, 15) is 4.79 Å². The van der Waals surface area contributed by atoms with Gasteiger partial charge in [0.15, 0.2) is 4.34 Å². The highest BCUT2D eigenvalue weighted by molar-refractivity contribution is 8.01. The van der Waals surface area contributed by atoms with Crippen molar-refractivity contribution >= 4 is 51.2 Å². The van der Waals surface area contributed by atoms with Crippen molar-refractivity contribution in [1.82, 2.24) is 20.0 Å². The molecule has 152 valence electrons. The molecule has 0 saturated carbocycles. The number of thioether (sulfide) groups is 1. The second-order valence-electron chi connectivity index (χ2n) is 6.89. The molecule has 1 aromatic carbocycles. The Morgan fingerprint density at radius 2 is 1.93 bits per heavy atom. The van der Waals surface area contributed by atoms with Crippen LogP contribution in [0.1, 0.15) is 10.4 Å². The van der Waals surface area contributed by atoms with Crippen molar-refractivity contribution in [2.75, 3.05) is 37.2 Å². The van der Waals surface area contributed by atoms with E-state index in [1.54, 1.807) is 11.3 Å². The van der Waals surface area contributed by atoms with Gasteiger partial charge in [0.2, 0.25) is 11.0 Å². The Labute approximate surface area is 183 Å². The lowest BCUT2D eigenvalue weighted by Gasteiger charge is -2.34. The Balaban J connectivity index is 1.21. The van der Waals surface area contributed by atoms with Crippen molar-refractivity contribution in [2.24, 2.45) is 0 Å². The minimum absolute atomic E-state index is 0.175. The van der Waals surface area contributed by atoms with Gasteiger partial charge in [0.1, 0.15) is 0 Å². The lowest BCUT2D eigenvalue weighted by Crippen LogP contribution is -2.48. The van der Waals surface area contributed by atoms with E-state index in [0.29, 0.717) is 5.75 Å². The van der Waals surface area contributed by atoms with Crippen molar-refractivity contribution in [2.45, 2.75) is 17.8 Å². The molecule has 1 aliphatic rings. The minimum atomic E-state index is 0.175. The molecule has 2 aromatic heterocycles. The first-order valence-corrected chi connectivity index (χ1v) is 12.2. The molecule has 9 heteroatoms. The molecule has 0 radical (unpaired) electrons. The molecule has 0 atom stereocenters. The van der Waals surface area contributed by atoms with Crippen molar-refractivity contribution in [1.29, 1.82) is 0 Å². The van der Waals surface area contributed by atoms with Gasteiger partial charge in [-0.3, -0.25) is 9.69 Å². The summed E-state index contributed by atoms with van der Waals surface area (Å²) >= 11 is 4.73. The molecule has 0 unspecified atom stereocenters. The maximum absolute atomic E-state index is 12.6. The molecule has 3 aromatic rings. The monoisotopic (exact) mass is 445 g/mol. The molecular formula is C20H23N5OS3. The third-order valence-electron chi connectivity index (χ3n) is 4.71. The number of nitrogens with zero attached hydrogens (tertiary/aromatic N) is 4. The predicted octanol–water partition coefficient (Wildman–Crippen LogP) is 4.09. The lowest BCUT2D eigenvalue weighted by atomic mass is 10.2. The number of amides is 1. The normalized spacial score (nSPS) is 14.9. The Hall–Kier alpha value is -1.94. The fraction of sp³-hybridized carbons (Fsp3) is 0.350. The molecular weight excluding hydrogens is 422 g/mol. The maximum atomic E-state index is 12.6. The summed E-state index contributed by atoms with van der Waals surface area (Å²) in [7, 11) is 0. The number of rotatable bonds is 7. The molecule has 6 nitrogen and oxygen atoms in total. The highest BCUT2D eigenvalue weighted by Crippen LogP contribution is 2.28. The number of nitrogens with one attached hydrogen (secondary N) is 1. The molecule has 1 saturated heterocycles. The second-order valence-corrected chi connectivity index (χ2v) is 10.1. The van der Waals surface area contributed by atoms with Gasteiger partial charge in [0.25, 0.3) is 0 Å². The number of thiophene rings is 1. The Bertz CT molecular complexity index is 918. The summed E-state index contributed by atoms with van der Waals surface area (Å²) in [5.41, 5.74) is 2.20. The van der Waals surface area contributed by atoms with Crippen LogP contribution in [0.4, 0.5) is 10.8 Å². The van der Waals surface area contributed by atoms with Crippen LogP contribution in [0.5, 0.6) is 0 Å². The van der Waals surface area contributed by atoms with Gasteiger partial charge in [-0.2, -0.15) is 0 Å². The van der Waals surface area contributed by atoms with E-state index in [2.05, 4.69) is 57.0 Å². The molecule has 1 fully saturated rings. The number of aryl methyl sites for hydroxylation is 1. The number of carbonyl (C=O) groups is 1. The number of carbonyl (C=O) groups excluding carboxylic acids is 1. The van der Waals surface area contributed by atoms with Gasteiger partial charge < -0.3 is 10.2 Å². The molecule has 0 spiro atoms. The van der Waals surface area contributed by atoms with Crippen LogP contribution in [0.15, 0.2) is 46.1 Å². The zero-order valence-electron chi connectivity index (χ0n) is 16.2. The quantitative estimate of drug-likeness (QED) is 0.553. The predicted molar refractivity (Wildman–Crippen MR) is 121 cm³/mol. The van der Waals surface area contributed by atoms with Gasteiger partial charge in [-0.15, -0.1) is 21.5 Å². The van der Waals surface area contributed by atoms with Crippen LogP contribution in [-0.4, -0.2) is 57.8 Å². The van der Waals surface area contributed by atoms with E-state index in [0.717, 1.165) is 47.9 Å². The van der Waals surface area contributed by atoms with Crippen LogP contribution in [0.3, 0.4) is 0 Å². The first-order valence-electron chi connectivity index (χ1n) is 9.48. The van der Waals surface area contributed by atoms with Crippen LogP contribution < -0.4 is 5.32 Å². The zero-order chi connectivity index (χ0) is 20.1. The second kappa shape index (κ2) is 9.71. The summed E-state index contributed by atoms with van der Waals surface area (Å²) < 4.78 is 0.810. The maximum Gasteiger partial charge on any atom is 0.233 e. The molecule has 0 aliphatic carbocycles. The zero-order valence-corrected chi connectivity index (χ0v) is 18.7. The van der Waals surface area contributed by atoms with Crippen LogP contribution in [0, 0.1) is 6.92 Å². The van der Waals surface area contributed by atoms with E-state index in [1.165, 1.54) is 33.5 Å². The first-order chi connectivity index (χ1) is 14.2. The molecule has 4 rings (SSSR count). The van der Waals surface area contributed by atoms with Crippen LogP contribution in [0.2, 0.25) is 0 Å². The lowest BCUT2D eigenvalue weighted by molar-refractivity contribution is -0.130. The average molecular weight is 446 g/mol. The summed E-state index contributed by atoms with van der Waals surface area (Å²) in [5, 5.41) is 14.5. The van der Waals surface area contributed by atoms with Crippen molar-refractivity contribution < 1.29 is 4.79 Å². The van der Waals surface area contributed by atoms with E-state index in [-0.39, 0.29) is 5.91 Å². The number of hydrogen-bond acceptors (Lipinski definition) is 8. The summed E-state index contributed by atoms with van der Waals surface area (Å²) in [6.45, 7) is 6.48. The van der Waals surface area contributed by atoms with Crippen molar-refractivity contribution in [3.63, 3.8) is 0 Å². The fourth-order valence-electron chi connectivity index (χ4n) is 3.07. The fourth-order valence-corrected chi connectivity index (χ4v) is 5.49. The van der Waals surface area contributed by atoms with Gasteiger partial charge in [0, 0.05) is 43.3 Å². The van der Waals surface area contributed by atoms with E-state index < -0.39 is 0 Å². The Morgan fingerprint density at radius 3 is 2.66 bits per heavy atom. The molecule has 1 N–H and O–H groups in total. The smallest absolute Gasteiger partial charge is 0.233 e. The van der Waals surface area contributed by atoms with Gasteiger partial charge in [-0.1, -0.05) is 46.9 Å². The number of piperazine rings is 1. The Kier molecular flexibility index (Phi) is 6.81. The first kappa shape index (κ1) is 20.3. The van der Waals surface area contributed by atoms with Gasteiger partial charge in [0.05, 0.1) is 5.75 Å². The summed E-state index contributed by atoms with van der Waals surface area (Å²) in [5.74, 6) is 0.582. The molecule has 3 heterocycles. The highest BCUT2D eigenvalue weighted by atomic mass is 32.2. The Morgan fingerprint density at radius 1 is 1.14 bits per heavy atom. The topological polar surface area (TPSA) is 61.4 Å².